The van der Waals surface area contributed by atoms with Gasteiger partial charge in [0.15, 0.2) is 17.6 Å². The molecule has 5 aromatic rings. The van der Waals surface area contributed by atoms with Crippen molar-refractivity contribution in [2.24, 2.45) is 0 Å². The second-order valence-electron chi connectivity index (χ2n) is 7.60. The third kappa shape index (κ3) is 3.18. The Morgan fingerprint density at radius 2 is 1.29 bits per heavy atom. The molecule has 0 unspecified atom stereocenters. The maximum Gasteiger partial charge on any atom is 0.411 e. The molecule has 0 amide bonds. The molecular weight excluding hydrogens is 464 g/mol. The number of hydrogen-bond donors (Lipinski definition) is 1. The molecule has 0 aliphatic carbocycles. The van der Waals surface area contributed by atoms with E-state index >= 15 is 0 Å². The van der Waals surface area contributed by atoms with Gasteiger partial charge in [0.25, 0.3) is 0 Å². The smallest absolute Gasteiger partial charge is 0.411 e. The number of hydrogen-bond acceptors (Lipinski definition) is 5. The molecule has 2 heterocycles. The zero-order valence-corrected chi connectivity index (χ0v) is 16.9. The molecular formula is C23H13F6N3O2. The molecule has 0 radical (unpaired) electrons. The van der Waals surface area contributed by atoms with Crippen molar-refractivity contribution >= 4 is 27.9 Å². The minimum Gasteiger partial charge on any atom is -0.443 e. The van der Waals surface area contributed by atoms with Crippen LogP contribution < -0.4 is 5.73 Å². The Bertz CT molecular complexity index is 1490. The predicted octanol–water partition coefficient (Wildman–Crippen LogP) is 6.63. The maximum absolute atomic E-state index is 14.5. The van der Waals surface area contributed by atoms with Crippen molar-refractivity contribution in [2.45, 2.75) is 17.8 Å². The molecule has 0 aliphatic rings. The average Bonchev–Trinajstić information content (AvgIpc) is 3.38. The standard InChI is InChI=1S/C23H13F6N3O2/c24-22(25,26)21(23(27,28)29,13-3-7-16-18(9-13)33-11-31-16)14-4-8-17-19(10-14)34-20(32-17)12-1-5-15(30)6-2-12/h1-11H,30H2. The lowest BCUT2D eigenvalue weighted by atomic mass is 9.72. The van der Waals surface area contributed by atoms with Gasteiger partial charge in [0.2, 0.25) is 11.3 Å². The van der Waals surface area contributed by atoms with E-state index in [0.29, 0.717) is 23.4 Å². The van der Waals surface area contributed by atoms with Crippen LogP contribution in [0.5, 0.6) is 0 Å². The van der Waals surface area contributed by atoms with E-state index in [1.807, 2.05) is 0 Å². The van der Waals surface area contributed by atoms with E-state index in [1.165, 1.54) is 0 Å². The van der Waals surface area contributed by atoms with Crippen LogP contribution in [0.2, 0.25) is 0 Å². The van der Waals surface area contributed by atoms with Crippen LogP contribution in [0.3, 0.4) is 0 Å². The number of anilines is 1. The summed E-state index contributed by atoms with van der Waals surface area (Å²) in [6.45, 7) is 0. The van der Waals surface area contributed by atoms with E-state index in [0.717, 1.165) is 30.7 Å². The van der Waals surface area contributed by atoms with Gasteiger partial charge in [-0.2, -0.15) is 26.3 Å². The summed E-state index contributed by atoms with van der Waals surface area (Å²) in [4.78, 5) is 7.93. The summed E-state index contributed by atoms with van der Waals surface area (Å²) in [6, 6.07) is 11.3. The highest BCUT2D eigenvalue weighted by atomic mass is 19.4. The third-order valence-electron chi connectivity index (χ3n) is 5.59. The van der Waals surface area contributed by atoms with Gasteiger partial charge in [0, 0.05) is 11.3 Å². The zero-order valence-electron chi connectivity index (χ0n) is 16.9. The molecule has 5 nitrogen and oxygen atoms in total. The molecule has 0 saturated carbocycles. The zero-order chi connectivity index (χ0) is 24.3. The van der Waals surface area contributed by atoms with Crippen molar-refractivity contribution in [2.75, 3.05) is 5.73 Å². The van der Waals surface area contributed by atoms with E-state index in [4.69, 9.17) is 14.6 Å². The number of fused-ring (bicyclic) bond motifs is 2. The Morgan fingerprint density at radius 1 is 0.706 bits per heavy atom. The fraction of sp³-hybridized carbons (Fsp3) is 0.130. The summed E-state index contributed by atoms with van der Waals surface area (Å²) in [7, 11) is 0. The second kappa shape index (κ2) is 7.24. The molecule has 0 spiro atoms. The highest BCUT2D eigenvalue weighted by Gasteiger charge is 2.72. The SMILES string of the molecule is Nc1ccc(-c2nc3ccc(C(c4ccc5ncoc5c4)(C(F)(F)F)C(F)(F)F)cc3o2)cc1. The van der Waals surface area contributed by atoms with Gasteiger partial charge in [-0.3, -0.25) is 0 Å². The Balaban J connectivity index is 1.75. The van der Waals surface area contributed by atoms with E-state index in [9.17, 15) is 26.3 Å². The van der Waals surface area contributed by atoms with Crippen LogP contribution in [-0.2, 0) is 5.41 Å². The molecule has 2 aromatic heterocycles. The van der Waals surface area contributed by atoms with Crippen LogP contribution in [0.4, 0.5) is 32.0 Å². The highest BCUT2D eigenvalue weighted by molar-refractivity contribution is 5.79. The molecule has 5 rings (SSSR count). The fourth-order valence-electron chi connectivity index (χ4n) is 3.98. The van der Waals surface area contributed by atoms with Gasteiger partial charge in [0.05, 0.1) is 0 Å². The first-order chi connectivity index (χ1) is 16.0. The number of rotatable bonds is 3. The van der Waals surface area contributed by atoms with Crippen LogP contribution in [0.25, 0.3) is 33.7 Å². The van der Waals surface area contributed by atoms with Crippen LogP contribution in [0.15, 0.2) is 75.9 Å². The number of benzene rings is 3. The molecule has 174 valence electrons. The summed E-state index contributed by atoms with van der Waals surface area (Å²) in [5.41, 5.74) is -0.146. The van der Waals surface area contributed by atoms with Gasteiger partial charge in [-0.15, -0.1) is 0 Å². The van der Waals surface area contributed by atoms with Gasteiger partial charge >= 0.3 is 12.4 Å². The van der Waals surface area contributed by atoms with Crippen molar-refractivity contribution in [1.29, 1.82) is 0 Å². The first-order valence-corrected chi connectivity index (χ1v) is 9.75. The number of halogens is 6. The third-order valence-corrected chi connectivity index (χ3v) is 5.59. The van der Waals surface area contributed by atoms with Gasteiger partial charge in [-0.25, -0.2) is 9.97 Å². The largest absolute Gasteiger partial charge is 0.443 e. The lowest BCUT2D eigenvalue weighted by molar-refractivity contribution is -0.288. The second-order valence-corrected chi connectivity index (χ2v) is 7.60. The summed E-state index contributed by atoms with van der Waals surface area (Å²) in [6.07, 6.45) is -10.6. The van der Waals surface area contributed by atoms with Crippen molar-refractivity contribution in [3.05, 3.63) is 78.2 Å². The average molecular weight is 477 g/mol. The molecule has 34 heavy (non-hydrogen) atoms. The topological polar surface area (TPSA) is 78.1 Å². The molecule has 0 aliphatic heterocycles. The Labute approximate surface area is 186 Å². The molecule has 0 bridgehead atoms. The number of aromatic nitrogens is 2. The first-order valence-electron chi connectivity index (χ1n) is 9.75. The van der Waals surface area contributed by atoms with E-state index in [2.05, 4.69) is 9.97 Å². The van der Waals surface area contributed by atoms with E-state index < -0.39 is 28.9 Å². The van der Waals surface area contributed by atoms with Crippen molar-refractivity contribution in [3.63, 3.8) is 0 Å². The molecule has 11 heteroatoms. The molecule has 3 aromatic carbocycles. The molecule has 2 N–H and O–H groups in total. The molecule has 0 fully saturated rings. The van der Waals surface area contributed by atoms with Crippen LogP contribution in [-0.4, -0.2) is 22.3 Å². The van der Waals surface area contributed by atoms with Crippen molar-refractivity contribution in [1.82, 2.24) is 9.97 Å². The lowest BCUT2D eigenvalue weighted by Gasteiger charge is -2.38. The summed E-state index contributed by atoms with van der Waals surface area (Å²) in [5.74, 6) is 0.0276. The molecule has 0 saturated heterocycles. The van der Waals surface area contributed by atoms with E-state index in [-0.39, 0.29) is 28.1 Å². The first kappa shape index (κ1) is 21.8. The van der Waals surface area contributed by atoms with Crippen molar-refractivity contribution in [3.8, 4) is 11.5 Å². The van der Waals surface area contributed by atoms with Crippen LogP contribution in [0, 0.1) is 0 Å². The normalized spacial score (nSPS) is 13.1. The summed E-state index contributed by atoms with van der Waals surface area (Å²) in [5, 5.41) is 0. The van der Waals surface area contributed by atoms with Crippen molar-refractivity contribution < 1.29 is 35.2 Å². The number of alkyl halides is 6. The fourth-order valence-corrected chi connectivity index (χ4v) is 3.98. The molecule has 0 atom stereocenters. The maximum atomic E-state index is 14.5. The Morgan fingerprint density at radius 3 is 1.91 bits per heavy atom. The monoisotopic (exact) mass is 477 g/mol. The highest BCUT2D eigenvalue weighted by Crippen LogP contribution is 2.56. The minimum atomic E-state index is -5.76. The summed E-state index contributed by atoms with van der Waals surface area (Å²) >= 11 is 0. The number of nitrogen functional groups attached to an aromatic ring is 1. The summed E-state index contributed by atoms with van der Waals surface area (Å²) < 4.78 is 97.2. The van der Waals surface area contributed by atoms with Gasteiger partial charge in [0.1, 0.15) is 11.0 Å². The van der Waals surface area contributed by atoms with Gasteiger partial charge in [-0.1, -0.05) is 12.1 Å². The Hall–Kier alpha value is -4.02. The Kier molecular flexibility index (Phi) is 4.64. The van der Waals surface area contributed by atoms with E-state index in [1.54, 1.807) is 24.3 Å². The number of oxazole rings is 2. The number of nitrogens with two attached hydrogens (primary N) is 1. The quantitative estimate of drug-likeness (QED) is 0.233. The van der Waals surface area contributed by atoms with Crippen LogP contribution in [0.1, 0.15) is 11.1 Å². The van der Waals surface area contributed by atoms with Gasteiger partial charge < -0.3 is 14.6 Å². The number of nitrogens with zero attached hydrogens (tertiary/aromatic N) is 2. The predicted molar refractivity (Wildman–Crippen MR) is 111 cm³/mol. The van der Waals surface area contributed by atoms with Gasteiger partial charge in [-0.05, 0) is 59.7 Å². The lowest BCUT2D eigenvalue weighted by Crippen LogP contribution is -2.54. The minimum absolute atomic E-state index is 0.0276. The van der Waals surface area contributed by atoms with Crippen LogP contribution >= 0.6 is 0 Å².